The second-order valence-corrected chi connectivity index (χ2v) is 7.85. The smallest absolute Gasteiger partial charge is 0.411 e. The molecule has 0 spiro atoms. The zero-order valence-corrected chi connectivity index (χ0v) is 16.7. The highest BCUT2D eigenvalue weighted by molar-refractivity contribution is 9.10. The number of carbonyl (C=O) groups is 2. The van der Waals surface area contributed by atoms with Crippen molar-refractivity contribution in [3.8, 4) is 11.8 Å². The fourth-order valence-corrected chi connectivity index (χ4v) is 3.12. The predicted octanol–water partition coefficient (Wildman–Crippen LogP) is 3.25. The van der Waals surface area contributed by atoms with Crippen molar-refractivity contribution >= 4 is 28.0 Å². The Labute approximate surface area is 160 Å². The Morgan fingerprint density at radius 2 is 2.00 bits per heavy atom. The van der Waals surface area contributed by atoms with Crippen molar-refractivity contribution in [1.82, 2.24) is 4.90 Å². The summed E-state index contributed by atoms with van der Waals surface area (Å²) in [7, 11) is 1.28. The summed E-state index contributed by atoms with van der Waals surface area (Å²) < 4.78 is 16.8. The molecule has 1 fully saturated rings. The molecule has 0 radical (unpaired) electrons. The van der Waals surface area contributed by atoms with Crippen LogP contribution in [-0.4, -0.2) is 48.4 Å². The molecule has 0 N–H and O–H groups in total. The Balaban J connectivity index is 2.17. The van der Waals surface area contributed by atoms with Crippen molar-refractivity contribution in [3.63, 3.8) is 0 Å². The number of rotatable bonds is 3. The van der Waals surface area contributed by atoms with E-state index in [1.165, 1.54) is 12.0 Å². The van der Waals surface area contributed by atoms with Gasteiger partial charge in [0.25, 0.3) is 0 Å². The van der Waals surface area contributed by atoms with Gasteiger partial charge in [-0.15, -0.1) is 0 Å². The lowest BCUT2D eigenvalue weighted by molar-refractivity contribution is -0.145. The van der Waals surface area contributed by atoms with Gasteiger partial charge in [0.1, 0.15) is 23.5 Å². The number of carbonyl (C=O) groups excluding carboxylic acids is 2. The Bertz CT molecular complexity index is 738. The van der Waals surface area contributed by atoms with Gasteiger partial charge in [0.05, 0.1) is 25.3 Å². The van der Waals surface area contributed by atoms with Gasteiger partial charge < -0.3 is 14.2 Å². The summed E-state index contributed by atoms with van der Waals surface area (Å²) in [6, 6.07) is 6.28. The molecule has 1 aromatic carbocycles. The molecule has 1 amide bonds. The largest absolute Gasteiger partial charge is 0.488 e. The van der Waals surface area contributed by atoms with E-state index in [1.807, 2.05) is 0 Å². The molecule has 0 saturated carbocycles. The maximum absolute atomic E-state index is 12.4. The lowest BCUT2D eigenvalue weighted by Gasteiger charge is -2.27. The fraction of sp³-hybridized carbons (Fsp3) is 0.500. The zero-order chi connectivity index (χ0) is 19.5. The van der Waals surface area contributed by atoms with Crippen LogP contribution in [0.15, 0.2) is 22.7 Å². The van der Waals surface area contributed by atoms with E-state index in [4.69, 9.17) is 19.5 Å². The van der Waals surface area contributed by atoms with E-state index < -0.39 is 29.8 Å². The molecule has 2 atom stereocenters. The van der Waals surface area contributed by atoms with Gasteiger partial charge in [0.2, 0.25) is 0 Å². The first-order valence-corrected chi connectivity index (χ1v) is 8.87. The normalized spacial score (nSPS) is 19.6. The van der Waals surface area contributed by atoms with Gasteiger partial charge in [0.15, 0.2) is 0 Å². The lowest BCUT2D eigenvalue weighted by Crippen LogP contribution is -2.44. The molecule has 1 aliphatic heterocycles. The van der Waals surface area contributed by atoms with Crippen molar-refractivity contribution in [3.05, 3.63) is 28.2 Å². The third-order valence-electron chi connectivity index (χ3n) is 3.67. The second kappa shape index (κ2) is 7.96. The molecular weight excluding hydrogens is 404 g/mol. The van der Waals surface area contributed by atoms with Crippen LogP contribution < -0.4 is 4.74 Å². The summed E-state index contributed by atoms with van der Waals surface area (Å²) >= 11 is 3.33. The molecule has 2 rings (SSSR count). The average Bonchev–Trinajstić information content (AvgIpc) is 2.95. The van der Waals surface area contributed by atoms with Crippen molar-refractivity contribution < 1.29 is 23.8 Å². The first kappa shape index (κ1) is 20.0. The number of hydrogen-bond acceptors (Lipinski definition) is 6. The van der Waals surface area contributed by atoms with Crippen LogP contribution in [0.2, 0.25) is 0 Å². The fourth-order valence-electron chi connectivity index (χ4n) is 2.65. The van der Waals surface area contributed by atoms with Gasteiger partial charge in [0, 0.05) is 10.9 Å². The molecule has 1 aliphatic rings. The van der Waals surface area contributed by atoms with Crippen LogP contribution in [0.5, 0.6) is 5.75 Å². The van der Waals surface area contributed by atoms with E-state index in [2.05, 4.69) is 22.0 Å². The first-order chi connectivity index (χ1) is 12.1. The quantitative estimate of drug-likeness (QED) is 0.691. The maximum Gasteiger partial charge on any atom is 0.411 e. The molecule has 140 valence electrons. The van der Waals surface area contributed by atoms with Crippen LogP contribution in [-0.2, 0) is 14.3 Å². The molecule has 1 heterocycles. The number of ether oxygens (including phenoxy) is 3. The summed E-state index contributed by atoms with van der Waals surface area (Å²) in [4.78, 5) is 25.8. The Kier molecular flexibility index (Phi) is 6.13. The summed E-state index contributed by atoms with van der Waals surface area (Å²) in [5.74, 6) is -0.0375. The second-order valence-electron chi connectivity index (χ2n) is 6.93. The molecule has 0 bridgehead atoms. The third-order valence-corrected chi connectivity index (χ3v) is 4.12. The SMILES string of the molecule is COC(=O)[C@@H]1C[C@H](Oc2cc(Br)cc(C#N)c2)CN1C(=O)OC(C)(C)C. The maximum atomic E-state index is 12.4. The van der Waals surface area contributed by atoms with Crippen molar-refractivity contribution in [2.45, 2.75) is 44.9 Å². The van der Waals surface area contributed by atoms with E-state index in [9.17, 15) is 9.59 Å². The van der Waals surface area contributed by atoms with E-state index in [0.717, 1.165) is 0 Å². The molecule has 7 nitrogen and oxygen atoms in total. The van der Waals surface area contributed by atoms with Gasteiger partial charge >= 0.3 is 12.1 Å². The van der Waals surface area contributed by atoms with Crippen LogP contribution in [0, 0.1) is 11.3 Å². The first-order valence-electron chi connectivity index (χ1n) is 8.07. The molecular formula is C18H21BrN2O5. The van der Waals surface area contributed by atoms with Crippen molar-refractivity contribution in [2.24, 2.45) is 0 Å². The Morgan fingerprint density at radius 1 is 1.31 bits per heavy atom. The third kappa shape index (κ3) is 5.11. The minimum Gasteiger partial charge on any atom is -0.488 e. The Hall–Kier alpha value is -2.27. The highest BCUT2D eigenvalue weighted by Gasteiger charge is 2.43. The number of hydrogen-bond donors (Lipinski definition) is 0. The molecule has 0 aromatic heterocycles. The van der Waals surface area contributed by atoms with Crippen molar-refractivity contribution in [2.75, 3.05) is 13.7 Å². The molecule has 0 unspecified atom stereocenters. The number of nitrogens with zero attached hydrogens (tertiary/aromatic N) is 2. The topological polar surface area (TPSA) is 88.9 Å². The molecule has 1 aromatic rings. The van der Waals surface area contributed by atoms with Gasteiger partial charge in [-0.1, -0.05) is 15.9 Å². The summed E-state index contributed by atoms with van der Waals surface area (Å²) in [6.07, 6.45) is -0.737. The molecule has 1 saturated heterocycles. The number of halogens is 1. The van der Waals surface area contributed by atoms with E-state index >= 15 is 0 Å². The van der Waals surface area contributed by atoms with E-state index in [1.54, 1.807) is 39.0 Å². The molecule has 26 heavy (non-hydrogen) atoms. The summed E-state index contributed by atoms with van der Waals surface area (Å²) in [5, 5.41) is 9.06. The highest BCUT2D eigenvalue weighted by atomic mass is 79.9. The Morgan fingerprint density at radius 3 is 2.58 bits per heavy atom. The number of esters is 1. The number of methoxy groups -OCH3 is 1. The van der Waals surface area contributed by atoms with Crippen LogP contribution in [0.1, 0.15) is 32.8 Å². The van der Waals surface area contributed by atoms with Gasteiger partial charge in [-0.3, -0.25) is 4.90 Å². The van der Waals surface area contributed by atoms with Crippen LogP contribution in [0.4, 0.5) is 4.79 Å². The summed E-state index contributed by atoms with van der Waals surface area (Å²) in [6.45, 7) is 5.45. The standard InChI is InChI=1S/C18H21BrN2O5/c1-18(2,3)26-17(23)21-10-14(8-15(21)16(22)24-4)25-13-6-11(9-20)5-12(19)7-13/h5-7,14-15H,8,10H2,1-4H3/t14-,15-/m0/s1. The summed E-state index contributed by atoms with van der Waals surface area (Å²) in [5.41, 5.74) is -0.233. The number of amides is 1. The van der Waals surface area contributed by atoms with Gasteiger partial charge in [-0.05, 0) is 39.0 Å². The van der Waals surface area contributed by atoms with Gasteiger partial charge in [-0.2, -0.15) is 5.26 Å². The molecule has 8 heteroatoms. The van der Waals surface area contributed by atoms with Gasteiger partial charge in [-0.25, -0.2) is 9.59 Å². The van der Waals surface area contributed by atoms with Crippen LogP contribution in [0.25, 0.3) is 0 Å². The van der Waals surface area contributed by atoms with E-state index in [-0.39, 0.29) is 13.0 Å². The van der Waals surface area contributed by atoms with Crippen LogP contribution >= 0.6 is 15.9 Å². The number of nitriles is 1. The van der Waals surface area contributed by atoms with Crippen LogP contribution in [0.3, 0.4) is 0 Å². The minimum absolute atomic E-state index is 0.184. The lowest BCUT2D eigenvalue weighted by atomic mass is 10.2. The zero-order valence-electron chi connectivity index (χ0n) is 15.1. The van der Waals surface area contributed by atoms with Crippen molar-refractivity contribution in [1.29, 1.82) is 5.26 Å². The number of benzene rings is 1. The monoisotopic (exact) mass is 424 g/mol. The predicted molar refractivity (Wildman–Crippen MR) is 96.6 cm³/mol. The highest BCUT2D eigenvalue weighted by Crippen LogP contribution is 2.28. The molecule has 0 aliphatic carbocycles. The van der Waals surface area contributed by atoms with E-state index in [0.29, 0.717) is 15.8 Å². The minimum atomic E-state index is -0.776. The average molecular weight is 425 g/mol. The number of likely N-dealkylation sites (tertiary alicyclic amines) is 1.